The molecule has 2 atom stereocenters. The number of rotatable bonds is 2. The van der Waals surface area contributed by atoms with Crippen LogP contribution >= 0.6 is 0 Å². The van der Waals surface area contributed by atoms with E-state index >= 15 is 0 Å². The summed E-state index contributed by atoms with van der Waals surface area (Å²) in [7, 11) is 0. The summed E-state index contributed by atoms with van der Waals surface area (Å²) in [5.74, 6) is 2.52. The number of benzene rings is 3. The molecule has 0 bridgehead atoms. The lowest BCUT2D eigenvalue weighted by molar-refractivity contribution is -0.0190. The lowest BCUT2D eigenvalue weighted by Crippen LogP contribution is -2.33. The molecule has 150 valence electrons. The van der Waals surface area contributed by atoms with E-state index < -0.39 is 0 Å². The van der Waals surface area contributed by atoms with E-state index in [0.29, 0.717) is 13.2 Å². The maximum absolute atomic E-state index is 6.44. The zero-order valence-electron chi connectivity index (χ0n) is 16.7. The van der Waals surface area contributed by atoms with Crippen LogP contribution in [0, 0.1) is 6.92 Å². The predicted octanol–water partition coefficient (Wildman–Crippen LogP) is 5.01. The number of para-hydroxylation sites is 1. The summed E-state index contributed by atoms with van der Waals surface area (Å²) < 4.78 is 17.9. The number of fused-ring (bicyclic) bond motifs is 4. The van der Waals surface area contributed by atoms with E-state index in [1.807, 2.05) is 18.2 Å². The van der Waals surface area contributed by atoms with Crippen LogP contribution < -0.4 is 14.2 Å². The molecular formula is C25H22N2O3. The summed E-state index contributed by atoms with van der Waals surface area (Å²) in [6, 6.07) is 23.0. The van der Waals surface area contributed by atoms with Crippen LogP contribution in [0.15, 0.2) is 71.8 Å². The van der Waals surface area contributed by atoms with Gasteiger partial charge in [-0.15, -0.1) is 0 Å². The number of hydrazone groups is 1. The molecule has 3 aliphatic heterocycles. The number of aryl methyl sites for hydroxylation is 1. The first kappa shape index (κ1) is 17.4. The topological polar surface area (TPSA) is 43.3 Å². The van der Waals surface area contributed by atoms with Crippen LogP contribution in [0.25, 0.3) is 0 Å². The highest BCUT2D eigenvalue weighted by molar-refractivity contribution is 6.02. The second kappa shape index (κ2) is 6.80. The third-order valence-corrected chi connectivity index (χ3v) is 5.90. The minimum atomic E-state index is -0.250. The summed E-state index contributed by atoms with van der Waals surface area (Å²) in [6.45, 7) is 3.27. The second-order valence-corrected chi connectivity index (χ2v) is 7.93. The summed E-state index contributed by atoms with van der Waals surface area (Å²) >= 11 is 0. The van der Waals surface area contributed by atoms with Gasteiger partial charge in [-0.1, -0.05) is 48.0 Å². The minimum Gasteiger partial charge on any atom is -0.486 e. The van der Waals surface area contributed by atoms with Crippen LogP contribution in [0.3, 0.4) is 0 Å². The maximum atomic E-state index is 6.44. The molecule has 6 rings (SSSR count). The molecule has 0 spiro atoms. The molecular weight excluding hydrogens is 376 g/mol. The van der Waals surface area contributed by atoms with Crippen molar-refractivity contribution in [1.82, 2.24) is 5.01 Å². The first-order valence-corrected chi connectivity index (χ1v) is 10.3. The zero-order chi connectivity index (χ0) is 20.1. The van der Waals surface area contributed by atoms with E-state index in [1.165, 1.54) is 11.1 Å². The van der Waals surface area contributed by atoms with Crippen LogP contribution in [0.4, 0.5) is 0 Å². The van der Waals surface area contributed by atoms with Crippen molar-refractivity contribution < 1.29 is 14.2 Å². The van der Waals surface area contributed by atoms with E-state index in [0.717, 1.165) is 40.5 Å². The lowest BCUT2D eigenvalue weighted by Gasteiger charge is -2.38. The molecule has 0 radical (unpaired) electrons. The maximum Gasteiger partial charge on any atom is 0.213 e. The van der Waals surface area contributed by atoms with Gasteiger partial charge in [0.2, 0.25) is 6.23 Å². The molecule has 30 heavy (non-hydrogen) atoms. The third-order valence-electron chi connectivity index (χ3n) is 5.90. The van der Waals surface area contributed by atoms with Crippen molar-refractivity contribution in [1.29, 1.82) is 0 Å². The highest BCUT2D eigenvalue weighted by atomic mass is 16.6. The van der Waals surface area contributed by atoms with Gasteiger partial charge < -0.3 is 14.2 Å². The van der Waals surface area contributed by atoms with E-state index in [-0.39, 0.29) is 12.3 Å². The molecule has 3 aromatic rings. The molecule has 5 nitrogen and oxygen atoms in total. The van der Waals surface area contributed by atoms with Gasteiger partial charge in [-0.2, -0.15) is 5.10 Å². The molecule has 0 saturated heterocycles. The smallest absolute Gasteiger partial charge is 0.213 e. The minimum absolute atomic E-state index is 0.142. The van der Waals surface area contributed by atoms with Crippen LogP contribution in [0.1, 0.15) is 40.9 Å². The number of hydrogen-bond donors (Lipinski definition) is 0. The molecule has 3 aromatic carbocycles. The quantitative estimate of drug-likeness (QED) is 0.609. The molecule has 0 unspecified atom stereocenters. The number of nitrogens with zero attached hydrogens (tertiary/aromatic N) is 2. The highest BCUT2D eigenvalue weighted by Gasteiger charge is 2.41. The molecule has 5 heteroatoms. The molecule has 0 N–H and O–H groups in total. The van der Waals surface area contributed by atoms with Crippen molar-refractivity contribution >= 4 is 5.71 Å². The largest absolute Gasteiger partial charge is 0.486 e. The van der Waals surface area contributed by atoms with E-state index in [1.54, 1.807) is 0 Å². The van der Waals surface area contributed by atoms with Crippen LogP contribution in [0.2, 0.25) is 0 Å². The van der Waals surface area contributed by atoms with Gasteiger partial charge in [-0.3, -0.25) is 0 Å². The van der Waals surface area contributed by atoms with Gasteiger partial charge in [0, 0.05) is 23.1 Å². The van der Waals surface area contributed by atoms with Crippen molar-refractivity contribution in [2.75, 3.05) is 13.2 Å². The molecule has 0 amide bonds. The Morgan fingerprint density at radius 2 is 1.73 bits per heavy atom. The van der Waals surface area contributed by atoms with Gasteiger partial charge >= 0.3 is 0 Å². The second-order valence-electron chi connectivity index (χ2n) is 7.93. The van der Waals surface area contributed by atoms with Gasteiger partial charge in [0.1, 0.15) is 19.0 Å². The fraction of sp³-hybridized carbons (Fsp3) is 0.240. The van der Waals surface area contributed by atoms with Crippen molar-refractivity contribution in [3.05, 3.63) is 89.0 Å². The summed E-state index contributed by atoms with van der Waals surface area (Å²) in [5.41, 5.74) is 5.60. The molecule has 3 aliphatic rings. The van der Waals surface area contributed by atoms with Gasteiger partial charge in [0.25, 0.3) is 0 Å². The van der Waals surface area contributed by atoms with Crippen LogP contribution in [0.5, 0.6) is 17.2 Å². The Bertz CT molecular complexity index is 1160. The Balaban J connectivity index is 1.42. The van der Waals surface area contributed by atoms with E-state index in [2.05, 4.69) is 60.5 Å². The molecule has 0 aromatic heterocycles. The van der Waals surface area contributed by atoms with E-state index in [4.69, 9.17) is 19.3 Å². The highest BCUT2D eigenvalue weighted by Crippen LogP contribution is 2.47. The Hall–Kier alpha value is -3.47. The average molecular weight is 398 g/mol. The third kappa shape index (κ3) is 2.81. The Kier molecular flexibility index (Phi) is 3.94. The Morgan fingerprint density at radius 1 is 0.867 bits per heavy atom. The number of ether oxygens (including phenoxy) is 3. The van der Waals surface area contributed by atoms with Crippen molar-refractivity contribution in [3.8, 4) is 17.2 Å². The van der Waals surface area contributed by atoms with Crippen molar-refractivity contribution in [2.45, 2.75) is 25.6 Å². The zero-order valence-corrected chi connectivity index (χ0v) is 16.7. The van der Waals surface area contributed by atoms with Crippen LogP contribution in [-0.4, -0.2) is 23.9 Å². The lowest BCUT2D eigenvalue weighted by atomic mass is 9.95. The predicted molar refractivity (Wildman–Crippen MR) is 114 cm³/mol. The molecule has 0 fully saturated rings. The Morgan fingerprint density at radius 3 is 2.63 bits per heavy atom. The standard InChI is InChI=1S/C25H22N2O3/c1-16-5-4-6-18(13-16)25-27-21(19-7-2-3-8-22(19)30-25)15-20(26-27)17-9-10-23-24(14-17)29-12-11-28-23/h2-10,13-14,21,25H,11-12,15H2,1H3/t21-,25-/m1/s1. The Labute approximate surface area is 175 Å². The normalized spacial score (nSPS) is 21.4. The first-order valence-electron chi connectivity index (χ1n) is 10.3. The van der Waals surface area contributed by atoms with Crippen molar-refractivity contribution in [2.24, 2.45) is 5.10 Å². The fourth-order valence-corrected chi connectivity index (χ4v) is 4.48. The first-order chi connectivity index (χ1) is 14.8. The monoisotopic (exact) mass is 398 g/mol. The van der Waals surface area contributed by atoms with Gasteiger partial charge in [-0.05, 0) is 31.2 Å². The van der Waals surface area contributed by atoms with Gasteiger partial charge in [-0.25, -0.2) is 5.01 Å². The van der Waals surface area contributed by atoms with Gasteiger partial charge in [0.05, 0.1) is 11.8 Å². The van der Waals surface area contributed by atoms with Gasteiger partial charge in [0.15, 0.2) is 11.5 Å². The number of hydrogen-bond acceptors (Lipinski definition) is 5. The summed E-state index contributed by atoms with van der Waals surface area (Å²) in [4.78, 5) is 0. The summed E-state index contributed by atoms with van der Waals surface area (Å²) in [5, 5.41) is 7.16. The summed E-state index contributed by atoms with van der Waals surface area (Å²) in [6.07, 6.45) is 0.571. The molecule has 0 saturated carbocycles. The van der Waals surface area contributed by atoms with E-state index in [9.17, 15) is 0 Å². The molecule has 0 aliphatic carbocycles. The SMILES string of the molecule is Cc1cccc([C@H]2Oc3ccccc3[C@H]3CC(c4ccc5c(c4)OCCO5)=NN32)c1. The fourth-order valence-electron chi connectivity index (χ4n) is 4.48. The van der Waals surface area contributed by atoms with Crippen LogP contribution in [-0.2, 0) is 0 Å². The average Bonchev–Trinajstić information content (AvgIpc) is 3.24. The molecule has 3 heterocycles. The van der Waals surface area contributed by atoms with Crippen molar-refractivity contribution in [3.63, 3.8) is 0 Å².